The Morgan fingerprint density at radius 2 is 2.00 bits per heavy atom. The number of likely N-dealkylation sites (tertiary alicyclic amines) is 1. The van der Waals surface area contributed by atoms with Crippen LogP contribution < -0.4 is 0 Å². The standard InChI is InChI=1S/C13H23BrN2O/c1-12(14)10-16-5-3-2-4-13(16)11-15-6-8-17-9-7-15/h13H,1-11H2/t13-/m0/s1. The number of hydrogen-bond donors (Lipinski definition) is 0. The number of hydrogen-bond acceptors (Lipinski definition) is 3. The van der Waals surface area contributed by atoms with Gasteiger partial charge in [-0.15, -0.1) is 0 Å². The summed E-state index contributed by atoms with van der Waals surface area (Å²) in [5.74, 6) is 0. The van der Waals surface area contributed by atoms with E-state index in [0.717, 1.165) is 37.3 Å². The largest absolute Gasteiger partial charge is 0.379 e. The van der Waals surface area contributed by atoms with Gasteiger partial charge in [-0.25, -0.2) is 0 Å². The SMILES string of the molecule is C=C(Br)CN1CCCC[C@H]1CN1CCOCC1. The molecule has 1 atom stereocenters. The third-order valence-electron chi connectivity index (χ3n) is 3.70. The van der Waals surface area contributed by atoms with Crippen molar-refractivity contribution in [2.45, 2.75) is 25.3 Å². The van der Waals surface area contributed by atoms with Crippen LogP contribution in [0.4, 0.5) is 0 Å². The Morgan fingerprint density at radius 1 is 1.24 bits per heavy atom. The van der Waals surface area contributed by atoms with Gasteiger partial charge in [0.15, 0.2) is 0 Å². The topological polar surface area (TPSA) is 15.7 Å². The molecule has 2 aliphatic heterocycles. The number of nitrogens with zero attached hydrogens (tertiary/aromatic N) is 2. The van der Waals surface area contributed by atoms with E-state index in [2.05, 4.69) is 32.3 Å². The molecule has 0 spiro atoms. The number of ether oxygens (including phenoxy) is 1. The van der Waals surface area contributed by atoms with Crippen LogP contribution in [0.1, 0.15) is 19.3 Å². The van der Waals surface area contributed by atoms with Gasteiger partial charge in [0.05, 0.1) is 13.2 Å². The van der Waals surface area contributed by atoms with Crippen LogP contribution in [0.2, 0.25) is 0 Å². The van der Waals surface area contributed by atoms with Gasteiger partial charge in [-0.1, -0.05) is 28.9 Å². The Kier molecular flexibility index (Phi) is 5.48. The number of halogens is 1. The molecular formula is C13H23BrN2O. The zero-order chi connectivity index (χ0) is 12.1. The molecule has 0 aliphatic carbocycles. The van der Waals surface area contributed by atoms with E-state index in [4.69, 9.17) is 4.74 Å². The fourth-order valence-corrected chi connectivity index (χ4v) is 3.10. The Labute approximate surface area is 113 Å². The Morgan fingerprint density at radius 3 is 2.71 bits per heavy atom. The molecular weight excluding hydrogens is 280 g/mol. The Balaban J connectivity index is 1.84. The second-order valence-corrected chi connectivity index (χ2v) is 6.17. The van der Waals surface area contributed by atoms with E-state index in [1.807, 2.05) is 0 Å². The summed E-state index contributed by atoms with van der Waals surface area (Å²) in [5, 5.41) is 0. The van der Waals surface area contributed by atoms with Crippen LogP contribution in [0.3, 0.4) is 0 Å². The van der Waals surface area contributed by atoms with Gasteiger partial charge in [-0.05, 0) is 19.4 Å². The van der Waals surface area contributed by atoms with E-state index in [-0.39, 0.29) is 0 Å². The summed E-state index contributed by atoms with van der Waals surface area (Å²) in [7, 11) is 0. The molecule has 0 amide bonds. The first-order valence-electron chi connectivity index (χ1n) is 6.63. The lowest BCUT2D eigenvalue weighted by atomic mass is 10.0. The highest BCUT2D eigenvalue weighted by molar-refractivity contribution is 9.11. The van der Waals surface area contributed by atoms with Gasteiger partial charge >= 0.3 is 0 Å². The third-order valence-corrected chi connectivity index (χ3v) is 3.95. The quantitative estimate of drug-likeness (QED) is 0.791. The molecule has 4 heteroatoms. The molecule has 2 saturated heterocycles. The van der Waals surface area contributed by atoms with Crippen LogP contribution in [0.5, 0.6) is 0 Å². The van der Waals surface area contributed by atoms with Crippen LogP contribution >= 0.6 is 15.9 Å². The van der Waals surface area contributed by atoms with Crippen LogP contribution in [-0.4, -0.2) is 61.8 Å². The van der Waals surface area contributed by atoms with Gasteiger partial charge in [0.25, 0.3) is 0 Å². The molecule has 0 saturated carbocycles. The fourth-order valence-electron chi connectivity index (χ4n) is 2.78. The first-order chi connectivity index (χ1) is 8.25. The third kappa shape index (κ3) is 4.36. The van der Waals surface area contributed by atoms with Crippen LogP contribution in [0.15, 0.2) is 11.1 Å². The predicted molar refractivity (Wildman–Crippen MR) is 74.5 cm³/mol. The van der Waals surface area contributed by atoms with E-state index < -0.39 is 0 Å². The van der Waals surface area contributed by atoms with Crippen molar-refractivity contribution in [3.63, 3.8) is 0 Å². The van der Waals surface area contributed by atoms with Crippen LogP contribution in [0.25, 0.3) is 0 Å². The van der Waals surface area contributed by atoms with Crippen molar-refractivity contribution in [3.8, 4) is 0 Å². The van der Waals surface area contributed by atoms with Crippen molar-refractivity contribution >= 4 is 15.9 Å². The highest BCUT2D eigenvalue weighted by Gasteiger charge is 2.25. The van der Waals surface area contributed by atoms with Gasteiger partial charge in [-0.2, -0.15) is 0 Å². The van der Waals surface area contributed by atoms with Crippen molar-refractivity contribution in [1.29, 1.82) is 0 Å². The van der Waals surface area contributed by atoms with Gasteiger partial charge < -0.3 is 4.74 Å². The second kappa shape index (κ2) is 6.88. The Hall–Kier alpha value is 0.1000. The van der Waals surface area contributed by atoms with Crippen molar-refractivity contribution in [2.24, 2.45) is 0 Å². The molecule has 0 bridgehead atoms. The normalized spacial score (nSPS) is 28.2. The molecule has 0 radical (unpaired) electrons. The molecule has 17 heavy (non-hydrogen) atoms. The van der Waals surface area contributed by atoms with Gasteiger partial charge in [0.2, 0.25) is 0 Å². The maximum atomic E-state index is 5.40. The van der Waals surface area contributed by atoms with Crippen LogP contribution in [-0.2, 0) is 4.74 Å². The highest BCUT2D eigenvalue weighted by atomic mass is 79.9. The average molecular weight is 303 g/mol. The van der Waals surface area contributed by atoms with E-state index in [0.29, 0.717) is 6.04 Å². The zero-order valence-electron chi connectivity index (χ0n) is 10.5. The van der Waals surface area contributed by atoms with Gasteiger partial charge in [-0.3, -0.25) is 9.80 Å². The first kappa shape index (κ1) is 13.5. The fraction of sp³-hybridized carbons (Fsp3) is 0.846. The minimum Gasteiger partial charge on any atom is -0.379 e. The summed E-state index contributed by atoms with van der Waals surface area (Å²) in [6.45, 7) is 11.4. The van der Waals surface area contributed by atoms with Crippen molar-refractivity contribution < 1.29 is 4.74 Å². The molecule has 2 rings (SSSR count). The maximum absolute atomic E-state index is 5.40. The number of morpholine rings is 1. The van der Waals surface area contributed by atoms with Crippen molar-refractivity contribution in [3.05, 3.63) is 11.1 Å². The molecule has 2 fully saturated rings. The summed E-state index contributed by atoms with van der Waals surface area (Å²) in [5.41, 5.74) is 0. The van der Waals surface area contributed by atoms with E-state index in [1.165, 1.54) is 32.4 Å². The number of piperidine rings is 1. The summed E-state index contributed by atoms with van der Waals surface area (Å²) in [4.78, 5) is 5.12. The molecule has 2 heterocycles. The van der Waals surface area contributed by atoms with E-state index in [1.54, 1.807) is 0 Å². The minimum absolute atomic E-state index is 0.705. The molecule has 2 aliphatic rings. The lowest BCUT2D eigenvalue weighted by molar-refractivity contribution is 0.0185. The Bertz CT molecular complexity index is 254. The van der Waals surface area contributed by atoms with Gasteiger partial charge in [0, 0.05) is 36.7 Å². The lowest BCUT2D eigenvalue weighted by Gasteiger charge is -2.39. The van der Waals surface area contributed by atoms with Crippen molar-refractivity contribution in [2.75, 3.05) is 45.9 Å². The van der Waals surface area contributed by atoms with E-state index >= 15 is 0 Å². The average Bonchev–Trinajstić information content (AvgIpc) is 2.32. The zero-order valence-corrected chi connectivity index (χ0v) is 12.1. The summed E-state index contributed by atoms with van der Waals surface area (Å²) in [6, 6.07) is 0.705. The molecule has 0 aromatic carbocycles. The highest BCUT2D eigenvalue weighted by Crippen LogP contribution is 2.20. The molecule has 98 valence electrons. The lowest BCUT2D eigenvalue weighted by Crippen LogP contribution is -2.49. The molecule has 0 unspecified atom stereocenters. The molecule has 0 aromatic heterocycles. The second-order valence-electron chi connectivity index (χ2n) is 5.05. The predicted octanol–water partition coefficient (Wildman–Crippen LogP) is 2.08. The summed E-state index contributed by atoms with van der Waals surface area (Å²) in [6.07, 6.45) is 4.04. The van der Waals surface area contributed by atoms with E-state index in [9.17, 15) is 0 Å². The molecule has 0 N–H and O–H groups in total. The van der Waals surface area contributed by atoms with Gasteiger partial charge in [0.1, 0.15) is 0 Å². The van der Waals surface area contributed by atoms with Crippen LogP contribution in [0, 0.1) is 0 Å². The first-order valence-corrected chi connectivity index (χ1v) is 7.42. The molecule has 0 aromatic rings. The minimum atomic E-state index is 0.705. The van der Waals surface area contributed by atoms with Crippen molar-refractivity contribution in [1.82, 2.24) is 9.80 Å². The summed E-state index contributed by atoms with van der Waals surface area (Å²) >= 11 is 3.49. The smallest absolute Gasteiger partial charge is 0.0594 e. The number of rotatable bonds is 4. The monoisotopic (exact) mass is 302 g/mol. The maximum Gasteiger partial charge on any atom is 0.0594 e. The molecule has 3 nitrogen and oxygen atoms in total. The summed E-state index contributed by atoms with van der Waals surface area (Å²) < 4.78 is 6.51.